The van der Waals surface area contributed by atoms with Gasteiger partial charge in [0.25, 0.3) is 0 Å². The van der Waals surface area contributed by atoms with Crippen molar-refractivity contribution >= 4 is 17.7 Å². The summed E-state index contributed by atoms with van der Waals surface area (Å²) in [7, 11) is 0. The summed E-state index contributed by atoms with van der Waals surface area (Å²) in [6.07, 6.45) is 0.915. The van der Waals surface area contributed by atoms with Crippen LogP contribution in [0.4, 0.5) is 0 Å². The van der Waals surface area contributed by atoms with Crippen LogP contribution in [0.3, 0.4) is 0 Å². The van der Waals surface area contributed by atoms with E-state index >= 15 is 0 Å². The average molecular weight is 294 g/mol. The Morgan fingerprint density at radius 3 is 2.75 bits per heavy atom. The number of thioether (sulfide) groups is 1. The first-order valence-corrected chi connectivity index (χ1v) is 7.13. The van der Waals surface area contributed by atoms with Crippen LogP contribution in [0.15, 0.2) is 41.1 Å². The van der Waals surface area contributed by atoms with E-state index in [4.69, 9.17) is 4.74 Å². The number of rotatable bonds is 4. The third kappa shape index (κ3) is 3.74. The van der Waals surface area contributed by atoms with Crippen LogP contribution in [0, 0.1) is 10.1 Å². The predicted molar refractivity (Wildman–Crippen MR) is 75.3 cm³/mol. The summed E-state index contributed by atoms with van der Waals surface area (Å²) in [5.41, 5.74) is 0.281. The molecule has 0 amide bonds. The van der Waals surface area contributed by atoms with Gasteiger partial charge in [-0.3, -0.25) is 10.1 Å². The molecule has 0 bridgehead atoms. The molecule has 20 heavy (non-hydrogen) atoms. The first-order valence-electron chi connectivity index (χ1n) is 6.15. The molecule has 0 unspecified atom stereocenters. The number of carbonyl (C=O) groups excluding carboxylic acids is 1. The van der Waals surface area contributed by atoms with E-state index < -0.39 is 16.6 Å². The van der Waals surface area contributed by atoms with Crippen molar-refractivity contribution in [3.63, 3.8) is 0 Å². The van der Waals surface area contributed by atoms with E-state index in [1.54, 1.807) is 12.1 Å². The minimum Gasteiger partial charge on any atom is -0.453 e. The number of benzene rings is 1. The van der Waals surface area contributed by atoms with Crippen molar-refractivity contribution < 1.29 is 14.5 Å². The molecule has 1 aliphatic heterocycles. The number of esters is 1. The second-order valence-electron chi connectivity index (χ2n) is 4.13. The zero-order chi connectivity index (χ0) is 14.4. The molecule has 1 N–H and O–H groups in total. The molecule has 0 atom stereocenters. The first-order chi connectivity index (χ1) is 9.68. The number of ether oxygens (including phenoxy) is 1. The summed E-state index contributed by atoms with van der Waals surface area (Å²) in [6, 6.07) is 9.06. The van der Waals surface area contributed by atoms with Gasteiger partial charge in [-0.15, -0.1) is 11.8 Å². The van der Waals surface area contributed by atoms with Gasteiger partial charge in [-0.05, 0) is 12.0 Å². The second-order valence-corrected chi connectivity index (χ2v) is 5.23. The van der Waals surface area contributed by atoms with Crippen LogP contribution in [-0.2, 0) is 16.1 Å². The lowest BCUT2D eigenvalue weighted by atomic mass is 10.2. The van der Waals surface area contributed by atoms with E-state index in [0.29, 0.717) is 11.6 Å². The van der Waals surface area contributed by atoms with Crippen LogP contribution in [0.2, 0.25) is 0 Å². The van der Waals surface area contributed by atoms with Gasteiger partial charge in [0, 0.05) is 12.3 Å². The maximum Gasteiger partial charge on any atom is 0.413 e. The van der Waals surface area contributed by atoms with Crippen LogP contribution in [0.25, 0.3) is 0 Å². The third-order valence-corrected chi connectivity index (χ3v) is 3.78. The second kappa shape index (κ2) is 6.95. The lowest BCUT2D eigenvalue weighted by Gasteiger charge is -2.15. The van der Waals surface area contributed by atoms with Crippen molar-refractivity contribution in [3.05, 3.63) is 56.7 Å². The number of nitro groups is 1. The van der Waals surface area contributed by atoms with Gasteiger partial charge >= 0.3 is 11.7 Å². The van der Waals surface area contributed by atoms with Crippen molar-refractivity contribution in [1.82, 2.24) is 5.32 Å². The third-order valence-electron chi connectivity index (χ3n) is 2.66. The molecule has 0 radical (unpaired) electrons. The summed E-state index contributed by atoms with van der Waals surface area (Å²) in [6.45, 7) is 0.653. The molecule has 6 nitrogen and oxygen atoms in total. The molecular formula is C13H14N2O4S. The van der Waals surface area contributed by atoms with Gasteiger partial charge in [0.1, 0.15) is 6.61 Å². The molecule has 1 heterocycles. The van der Waals surface area contributed by atoms with E-state index in [1.807, 2.05) is 18.2 Å². The largest absolute Gasteiger partial charge is 0.453 e. The van der Waals surface area contributed by atoms with Crippen LogP contribution >= 0.6 is 11.8 Å². The molecule has 2 rings (SSSR count). The summed E-state index contributed by atoms with van der Waals surface area (Å²) in [5, 5.41) is 14.2. The molecule has 0 aliphatic carbocycles. The highest BCUT2D eigenvalue weighted by molar-refractivity contribution is 8.03. The van der Waals surface area contributed by atoms with Crippen LogP contribution in [0.1, 0.15) is 12.0 Å². The van der Waals surface area contributed by atoms with Gasteiger partial charge < -0.3 is 10.1 Å². The number of hydrogen-bond donors (Lipinski definition) is 1. The summed E-state index contributed by atoms with van der Waals surface area (Å²) >= 11 is 1.28. The van der Waals surface area contributed by atoms with Crippen molar-refractivity contribution in [1.29, 1.82) is 0 Å². The first kappa shape index (κ1) is 14.4. The smallest absolute Gasteiger partial charge is 0.413 e. The average Bonchev–Trinajstić information content (AvgIpc) is 2.47. The standard InChI is InChI=1S/C13H14N2O4S/c16-13(19-9-10-5-2-1-3-6-10)11(15(17)18)12-14-7-4-8-20-12/h1-3,5-6,14H,4,7-9H2. The van der Waals surface area contributed by atoms with Crippen molar-refractivity contribution in [2.24, 2.45) is 0 Å². The number of hydrogen-bond acceptors (Lipinski definition) is 6. The normalized spacial score (nSPS) is 17.0. The highest BCUT2D eigenvalue weighted by Crippen LogP contribution is 2.23. The fraction of sp³-hybridized carbons (Fsp3) is 0.308. The predicted octanol–water partition coefficient (Wildman–Crippen LogP) is 1.90. The van der Waals surface area contributed by atoms with Gasteiger partial charge in [-0.25, -0.2) is 4.79 Å². The Morgan fingerprint density at radius 2 is 2.15 bits per heavy atom. The van der Waals surface area contributed by atoms with Gasteiger partial charge in [0.05, 0.1) is 4.92 Å². The van der Waals surface area contributed by atoms with Crippen LogP contribution in [0.5, 0.6) is 0 Å². The Kier molecular flexibility index (Phi) is 5.00. The molecule has 1 aromatic rings. The molecule has 0 aromatic heterocycles. The number of nitrogens with one attached hydrogen (secondary N) is 1. The van der Waals surface area contributed by atoms with Gasteiger partial charge in [-0.1, -0.05) is 30.3 Å². The summed E-state index contributed by atoms with van der Waals surface area (Å²) < 4.78 is 5.01. The molecule has 7 heteroatoms. The highest BCUT2D eigenvalue weighted by atomic mass is 32.2. The molecule has 0 spiro atoms. The van der Waals surface area contributed by atoms with Crippen molar-refractivity contribution in [2.45, 2.75) is 13.0 Å². The Hall–Kier alpha value is -2.02. The fourth-order valence-electron chi connectivity index (χ4n) is 1.69. The maximum atomic E-state index is 11.9. The highest BCUT2D eigenvalue weighted by Gasteiger charge is 2.30. The Balaban J connectivity index is 2.06. The van der Waals surface area contributed by atoms with Gasteiger partial charge in [0.15, 0.2) is 5.03 Å². The minimum atomic E-state index is -0.907. The Morgan fingerprint density at radius 1 is 1.40 bits per heavy atom. The van der Waals surface area contributed by atoms with Crippen LogP contribution in [-0.4, -0.2) is 23.2 Å². The number of nitrogens with zero attached hydrogens (tertiary/aromatic N) is 1. The lowest BCUT2D eigenvalue weighted by molar-refractivity contribution is -0.422. The lowest BCUT2D eigenvalue weighted by Crippen LogP contribution is -2.26. The van der Waals surface area contributed by atoms with Crippen molar-refractivity contribution in [3.8, 4) is 0 Å². The molecule has 1 aliphatic rings. The van der Waals surface area contributed by atoms with Crippen LogP contribution < -0.4 is 5.32 Å². The van der Waals surface area contributed by atoms with E-state index in [0.717, 1.165) is 17.7 Å². The molecule has 1 saturated heterocycles. The zero-order valence-electron chi connectivity index (χ0n) is 10.7. The SMILES string of the molecule is O=C(OCc1ccccc1)C(=C1NCCCS1)[N+](=O)[O-]. The summed E-state index contributed by atoms with van der Waals surface area (Å²) in [4.78, 5) is 22.2. The van der Waals surface area contributed by atoms with E-state index in [-0.39, 0.29) is 6.61 Å². The zero-order valence-corrected chi connectivity index (χ0v) is 11.5. The summed E-state index contributed by atoms with van der Waals surface area (Å²) in [5.74, 6) is -0.151. The minimum absolute atomic E-state index is 0.0228. The van der Waals surface area contributed by atoms with Gasteiger partial charge in [0.2, 0.25) is 0 Å². The molecular weight excluding hydrogens is 280 g/mol. The monoisotopic (exact) mass is 294 g/mol. The maximum absolute atomic E-state index is 11.9. The molecule has 0 saturated carbocycles. The van der Waals surface area contributed by atoms with Gasteiger partial charge in [-0.2, -0.15) is 0 Å². The van der Waals surface area contributed by atoms with Crippen molar-refractivity contribution in [2.75, 3.05) is 12.3 Å². The molecule has 1 fully saturated rings. The molecule has 1 aromatic carbocycles. The quantitative estimate of drug-likeness (QED) is 0.395. The fourth-order valence-corrected chi connectivity index (χ4v) is 2.68. The van der Waals surface area contributed by atoms with E-state index in [1.165, 1.54) is 11.8 Å². The Labute approximate surface area is 120 Å². The Bertz CT molecular complexity index is 522. The topological polar surface area (TPSA) is 81.5 Å². The van der Waals surface area contributed by atoms with E-state index in [9.17, 15) is 14.9 Å². The number of carbonyl (C=O) groups is 1. The molecule has 106 valence electrons. The van der Waals surface area contributed by atoms with E-state index in [2.05, 4.69) is 5.32 Å².